The molecule has 0 saturated carbocycles. The van der Waals surface area contributed by atoms with Crippen LogP contribution in [0.1, 0.15) is 19.8 Å². The van der Waals surface area contributed by atoms with Gasteiger partial charge in [0.1, 0.15) is 7.38 Å². The molecule has 0 spiro atoms. The maximum absolute atomic E-state index is 5.67. The van der Waals surface area contributed by atoms with Crippen LogP contribution in [0, 0.1) is 6.92 Å². The van der Waals surface area contributed by atoms with Gasteiger partial charge in [-0.15, -0.1) is 45.3 Å². The molecule has 0 N–H and O–H groups in total. The molecule has 0 aliphatic heterocycles. The molecule has 0 amide bonds. The SMILES string of the molecule is C[Si](C)(C)Cl.C[Si](C)(C)c1cc2sccc2s1.[CH2-]CCC.[Li+].c1cc2sccc2s1. The second kappa shape index (κ2) is 14.7. The topological polar surface area (TPSA) is 0 Å². The maximum atomic E-state index is 5.67. The first-order valence-corrected chi connectivity index (χ1v) is 21.3. The minimum absolute atomic E-state index is 0. The molecule has 4 heterocycles. The molecule has 0 saturated heterocycles. The van der Waals surface area contributed by atoms with Crippen molar-refractivity contribution in [1.82, 2.24) is 0 Å². The zero-order valence-corrected chi connectivity index (χ0v) is 25.7. The van der Waals surface area contributed by atoms with Crippen LogP contribution in [0.5, 0.6) is 0 Å². The molecule has 0 bridgehead atoms. The largest absolute Gasteiger partial charge is 1.00 e. The predicted molar refractivity (Wildman–Crippen MR) is 152 cm³/mol. The third kappa shape index (κ3) is 12.6. The number of unbranched alkanes of at least 4 members (excludes halogenated alkanes) is 1. The van der Waals surface area contributed by atoms with Gasteiger partial charge in [-0.2, -0.15) is 17.5 Å². The van der Waals surface area contributed by atoms with Crippen LogP contribution in [0.4, 0.5) is 0 Å². The van der Waals surface area contributed by atoms with E-state index in [4.69, 9.17) is 11.1 Å². The fraction of sp³-hybridized carbons (Fsp3) is 0.409. The Balaban J connectivity index is 0.000000408. The van der Waals surface area contributed by atoms with Gasteiger partial charge in [-0.25, -0.2) is 0 Å². The van der Waals surface area contributed by atoms with E-state index in [1.54, 1.807) is 27.2 Å². The second-order valence-electron chi connectivity index (χ2n) is 8.50. The van der Waals surface area contributed by atoms with Gasteiger partial charge in [0.05, 0.1) is 8.07 Å². The minimum Gasteiger partial charge on any atom is -0.343 e. The van der Waals surface area contributed by atoms with Crippen molar-refractivity contribution >= 4 is 95.2 Å². The number of rotatable bonds is 2. The van der Waals surface area contributed by atoms with E-state index >= 15 is 0 Å². The van der Waals surface area contributed by atoms with E-state index in [9.17, 15) is 0 Å². The average molecular weight is 525 g/mol. The van der Waals surface area contributed by atoms with Gasteiger partial charge in [-0.05, 0) is 44.9 Å². The monoisotopic (exact) mass is 524 g/mol. The number of fused-ring (bicyclic) bond motifs is 2. The van der Waals surface area contributed by atoms with Gasteiger partial charge in [0.2, 0.25) is 0 Å². The first-order chi connectivity index (χ1) is 13.5. The van der Waals surface area contributed by atoms with Crippen molar-refractivity contribution < 1.29 is 18.9 Å². The molecule has 4 rings (SSSR count). The summed E-state index contributed by atoms with van der Waals surface area (Å²) < 4.78 is 7.39. The first kappa shape index (κ1) is 30.6. The third-order valence-corrected chi connectivity index (χ3v) is 10.9. The van der Waals surface area contributed by atoms with Gasteiger partial charge in [0.15, 0.2) is 0 Å². The van der Waals surface area contributed by atoms with Crippen LogP contribution in [-0.4, -0.2) is 15.5 Å². The van der Waals surface area contributed by atoms with E-state index < -0.39 is 15.5 Å². The molecule has 162 valence electrons. The molecule has 0 aromatic carbocycles. The van der Waals surface area contributed by atoms with E-state index in [-0.39, 0.29) is 18.9 Å². The molecule has 0 atom stereocenters. The summed E-state index contributed by atoms with van der Waals surface area (Å²) in [6, 6.07) is 8.93. The van der Waals surface area contributed by atoms with Crippen LogP contribution in [0.25, 0.3) is 18.8 Å². The summed E-state index contributed by atoms with van der Waals surface area (Å²) >= 11 is 13.1. The van der Waals surface area contributed by atoms with E-state index in [0.717, 1.165) is 6.42 Å². The average Bonchev–Trinajstić information content (AvgIpc) is 3.32. The molecule has 0 aliphatic rings. The number of hydrogen-bond donors (Lipinski definition) is 0. The Morgan fingerprint density at radius 2 is 1.17 bits per heavy atom. The van der Waals surface area contributed by atoms with E-state index in [1.807, 2.05) is 22.7 Å². The summed E-state index contributed by atoms with van der Waals surface area (Å²) in [6.07, 6.45) is 2.28. The standard InChI is InChI=1S/C9H12S2Si.C6H4S2.C4H9.C3H9ClSi.Li/c1-12(2,3)9-6-8-7(11-9)4-5-10-8;1-3-7-6-2-4-8-5(1)6;1-3-4-2;1-5(2,3)4;/h4-6H,1-3H3;1-4H;1,3-4H2,2H3;1-3H3;/q;;-1;;+1. The second-order valence-corrected chi connectivity index (χ2v) is 25.4. The van der Waals surface area contributed by atoms with Crippen molar-refractivity contribution in [2.75, 3.05) is 0 Å². The number of thiophene rings is 4. The fourth-order valence-corrected chi connectivity index (χ4v) is 7.75. The van der Waals surface area contributed by atoms with Crippen LogP contribution in [0.15, 0.2) is 40.4 Å². The van der Waals surface area contributed by atoms with Crippen LogP contribution in [0.2, 0.25) is 39.3 Å². The molecule has 0 aliphatic carbocycles. The van der Waals surface area contributed by atoms with Gasteiger partial charge in [-0.3, -0.25) is 0 Å². The quantitative estimate of drug-likeness (QED) is 0.148. The fourth-order valence-electron chi connectivity index (χ4n) is 1.83. The predicted octanol–water partition coefficient (Wildman–Crippen LogP) is 7.16. The molecule has 8 heteroatoms. The molecule has 30 heavy (non-hydrogen) atoms. The smallest absolute Gasteiger partial charge is 0.343 e. The van der Waals surface area contributed by atoms with Crippen LogP contribution in [-0.2, 0) is 0 Å². The van der Waals surface area contributed by atoms with Crippen LogP contribution < -0.4 is 23.4 Å². The van der Waals surface area contributed by atoms with Crippen LogP contribution >= 0.6 is 56.4 Å². The van der Waals surface area contributed by atoms with E-state index in [2.05, 4.69) is 93.5 Å². The van der Waals surface area contributed by atoms with Crippen molar-refractivity contribution in [2.24, 2.45) is 0 Å². The van der Waals surface area contributed by atoms with Gasteiger partial charge in [0.25, 0.3) is 0 Å². The summed E-state index contributed by atoms with van der Waals surface area (Å²) in [4.78, 5) is 0. The summed E-state index contributed by atoms with van der Waals surface area (Å²) in [5, 5.41) is 6.43. The Morgan fingerprint density at radius 3 is 1.50 bits per heavy atom. The van der Waals surface area contributed by atoms with Crippen molar-refractivity contribution in [2.45, 2.75) is 59.0 Å². The third-order valence-electron chi connectivity index (χ3n) is 3.30. The van der Waals surface area contributed by atoms with Crippen LogP contribution in [0.3, 0.4) is 0 Å². The molecule has 0 radical (unpaired) electrons. The van der Waals surface area contributed by atoms with Gasteiger partial charge in [-0.1, -0.05) is 52.6 Å². The zero-order valence-electron chi connectivity index (χ0n) is 19.7. The van der Waals surface area contributed by atoms with Gasteiger partial charge < -0.3 is 6.92 Å². The summed E-state index contributed by atoms with van der Waals surface area (Å²) in [5.41, 5.74) is 0. The van der Waals surface area contributed by atoms with E-state index in [1.165, 1.54) is 25.2 Å². The molecule has 0 fully saturated rings. The Hall–Kier alpha value is 0.641. The van der Waals surface area contributed by atoms with Gasteiger partial charge in [0, 0.05) is 18.8 Å². The number of halogens is 1. The van der Waals surface area contributed by atoms with Crippen molar-refractivity contribution in [3.8, 4) is 0 Å². The Kier molecular flexibility index (Phi) is 15.0. The summed E-state index contributed by atoms with van der Waals surface area (Å²) in [5.74, 6) is 0. The first-order valence-electron chi connectivity index (χ1n) is 9.82. The molecular weight excluding hydrogens is 491 g/mol. The molecular formula is C22H34ClLiS4Si2. The normalized spacial score (nSPS) is 10.8. The number of hydrogen-bond acceptors (Lipinski definition) is 4. The van der Waals surface area contributed by atoms with Crippen molar-refractivity contribution in [1.29, 1.82) is 0 Å². The summed E-state index contributed by atoms with van der Waals surface area (Å²) in [7, 11) is -2.19. The van der Waals surface area contributed by atoms with Crippen molar-refractivity contribution in [3.05, 3.63) is 47.3 Å². The molecule has 4 aromatic rings. The minimum atomic E-state index is -1.14. The summed E-state index contributed by atoms with van der Waals surface area (Å²) in [6.45, 7) is 19.2. The molecule has 4 aromatic heterocycles. The molecule has 0 nitrogen and oxygen atoms in total. The zero-order chi connectivity index (χ0) is 22.1. The van der Waals surface area contributed by atoms with E-state index in [0.29, 0.717) is 0 Å². The van der Waals surface area contributed by atoms with Crippen molar-refractivity contribution in [3.63, 3.8) is 0 Å². The maximum Gasteiger partial charge on any atom is 1.00 e. The Bertz CT molecular complexity index is 854. The Labute approximate surface area is 218 Å². The molecule has 0 unspecified atom stereocenters. The Morgan fingerprint density at radius 1 is 0.800 bits per heavy atom. The van der Waals surface area contributed by atoms with Gasteiger partial charge >= 0.3 is 18.9 Å².